The zero-order valence-electron chi connectivity index (χ0n) is 11.2. The second kappa shape index (κ2) is 5.33. The Bertz CT molecular complexity index is 814. The van der Waals surface area contributed by atoms with Crippen molar-refractivity contribution in [1.29, 1.82) is 0 Å². The summed E-state index contributed by atoms with van der Waals surface area (Å²) in [7, 11) is 0. The average molecular weight is 347 g/mol. The van der Waals surface area contributed by atoms with E-state index in [1.165, 1.54) is 6.07 Å². The molecule has 0 radical (unpaired) electrons. The number of rotatable bonds is 2. The van der Waals surface area contributed by atoms with E-state index in [0.717, 1.165) is 15.6 Å². The molecule has 0 bridgehead atoms. The molecule has 0 saturated heterocycles. The van der Waals surface area contributed by atoms with Gasteiger partial charge in [0.2, 0.25) is 0 Å². The molecule has 2 N–H and O–H groups in total. The lowest BCUT2D eigenvalue weighted by Crippen LogP contribution is -1.92. The van der Waals surface area contributed by atoms with Crippen molar-refractivity contribution in [2.75, 3.05) is 5.73 Å². The molecule has 0 aliphatic carbocycles. The van der Waals surface area contributed by atoms with Gasteiger partial charge in [0.25, 0.3) is 0 Å². The van der Waals surface area contributed by atoms with Gasteiger partial charge >= 0.3 is 0 Å². The van der Waals surface area contributed by atoms with Crippen LogP contribution in [0.3, 0.4) is 0 Å². The molecule has 0 atom stereocenters. The summed E-state index contributed by atoms with van der Waals surface area (Å²) in [5.41, 5.74) is 8.55. The monoisotopic (exact) mass is 346 g/mol. The number of hydrogen-bond acceptors (Lipinski definition) is 3. The standard InChI is InChI=1S/C16H12BrFN2O/c1-9-10(6-4-7-12(9)17)15-14(16(19)20-21-15)11-5-2-3-8-13(11)18/h2-8H,1H3,(H2,19,20). The van der Waals surface area contributed by atoms with Crippen LogP contribution in [0, 0.1) is 12.7 Å². The lowest BCUT2D eigenvalue weighted by Gasteiger charge is -2.07. The van der Waals surface area contributed by atoms with E-state index in [1.807, 2.05) is 25.1 Å². The van der Waals surface area contributed by atoms with Crippen molar-refractivity contribution in [3.63, 3.8) is 0 Å². The van der Waals surface area contributed by atoms with Crippen molar-refractivity contribution in [1.82, 2.24) is 5.16 Å². The number of benzene rings is 2. The van der Waals surface area contributed by atoms with Crippen LogP contribution in [-0.4, -0.2) is 5.16 Å². The van der Waals surface area contributed by atoms with Crippen molar-refractivity contribution in [2.24, 2.45) is 0 Å². The highest BCUT2D eigenvalue weighted by Gasteiger charge is 2.21. The molecule has 106 valence electrons. The topological polar surface area (TPSA) is 52.0 Å². The zero-order valence-corrected chi connectivity index (χ0v) is 12.8. The van der Waals surface area contributed by atoms with Crippen LogP contribution in [0.15, 0.2) is 51.5 Å². The molecular formula is C16H12BrFN2O. The first-order valence-corrected chi connectivity index (χ1v) is 7.14. The maximum absolute atomic E-state index is 14.1. The number of halogens is 2. The minimum atomic E-state index is -0.360. The van der Waals surface area contributed by atoms with Gasteiger partial charge in [-0.05, 0) is 24.6 Å². The number of aromatic nitrogens is 1. The highest BCUT2D eigenvalue weighted by Crippen LogP contribution is 2.40. The van der Waals surface area contributed by atoms with Gasteiger partial charge in [-0.2, -0.15) is 0 Å². The summed E-state index contributed by atoms with van der Waals surface area (Å²) in [5.74, 6) is 0.284. The Labute approximate surface area is 129 Å². The van der Waals surface area contributed by atoms with Gasteiger partial charge in [-0.3, -0.25) is 0 Å². The van der Waals surface area contributed by atoms with Crippen LogP contribution in [0.25, 0.3) is 22.5 Å². The first-order chi connectivity index (χ1) is 10.1. The Kier molecular flexibility index (Phi) is 3.51. The fourth-order valence-electron chi connectivity index (χ4n) is 2.26. The second-order valence-electron chi connectivity index (χ2n) is 4.66. The molecule has 0 aliphatic rings. The molecule has 0 saturated carbocycles. The van der Waals surface area contributed by atoms with Crippen LogP contribution in [0.1, 0.15) is 5.56 Å². The van der Waals surface area contributed by atoms with E-state index >= 15 is 0 Å². The maximum Gasteiger partial charge on any atom is 0.177 e. The van der Waals surface area contributed by atoms with Gasteiger partial charge in [0.15, 0.2) is 11.6 Å². The molecule has 1 aromatic heterocycles. The molecule has 21 heavy (non-hydrogen) atoms. The van der Waals surface area contributed by atoms with E-state index in [2.05, 4.69) is 21.1 Å². The highest BCUT2D eigenvalue weighted by molar-refractivity contribution is 9.10. The van der Waals surface area contributed by atoms with Crippen molar-refractivity contribution < 1.29 is 8.91 Å². The predicted molar refractivity (Wildman–Crippen MR) is 84.2 cm³/mol. The summed E-state index contributed by atoms with van der Waals surface area (Å²) in [4.78, 5) is 0. The van der Waals surface area contributed by atoms with E-state index in [0.29, 0.717) is 16.9 Å². The summed E-state index contributed by atoms with van der Waals surface area (Å²) >= 11 is 3.48. The average Bonchev–Trinajstić information content (AvgIpc) is 2.84. The second-order valence-corrected chi connectivity index (χ2v) is 5.52. The molecule has 5 heteroatoms. The number of nitrogens with two attached hydrogens (primary N) is 1. The summed E-state index contributed by atoms with van der Waals surface area (Å²) < 4.78 is 20.4. The Hall–Kier alpha value is -2.14. The molecule has 0 unspecified atom stereocenters. The SMILES string of the molecule is Cc1c(Br)cccc1-c1onc(N)c1-c1ccccc1F. The number of nitrogen functional groups attached to an aromatic ring is 1. The molecule has 2 aromatic carbocycles. The molecular weight excluding hydrogens is 335 g/mol. The largest absolute Gasteiger partial charge is 0.380 e. The van der Waals surface area contributed by atoms with E-state index < -0.39 is 0 Å². The van der Waals surface area contributed by atoms with E-state index in [-0.39, 0.29) is 11.6 Å². The van der Waals surface area contributed by atoms with Crippen molar-refractivity contribution in [3.8, 4) is 22.5 Å². The van der Waals surface area contributed by atoms with Gasteiger partial charge in [0.1, 0.15) is 5.82 Å². The van der Waals surface area contributed by atoms with Crippen LogP contribution >= 0.6 is 15.9 Å². The fourth-order valence-corrected chi connectivity index (χ4v) is 2.63. The van der Waals surface area contributed by atoms with E-state index in [4.69, 9.17) is 10.3 Å². The molecule has 1 heterocycles. The molecule has 3 rings (SSSR count). The van der Waals surface area contributed by atoms with Crippen LogP contribution < -0.4 is 5.73 Å². The number of nitrogens with zero attached hydrogens (tertiary/aromatic N) is 1. The molecule has 3 nitrogen and oxygen atoms in total. The van der Waals surface area contributed by atoms with E-state index in [1.54, 1.807) is 18.2 Å². The Morgan fingerprint density at radius 1 is 1.10 bits per heavy atom. The fraction of sp³-hybridized carbons (Fsp3) is 0.0625. The minimum Gasteiger partial charge on any atom is -0.380 e. The van der Waals surface area contributed by atoms with Gasteiger partial charge in [-0.15, -0.1) is 0 Å². The van der Waals surface area contributed by atoms with Gasteiger partial charge < -0.3 is 10.3 Å². The summed E-state index contributed by atoms with van der Waals surface area (Å²) in [6, 6.07) is 12.1. The van der Waals surface area contributed by atoms with Gasteiger partial charge in [0.05, 0.1) is 5.56 Å². The third-order valence-electron chi connectivity index (χ3n) is 3.37. The lowest BCUT2D eigenvalue weighted by molar-refractivity contribution is 0.436. The smallest absolute Gasteiger partial charge is 0.177 e. The third kappa shape index (κ3) is 2.34. The van der Waals surface area contributed by atoms with Crippen LogP contribution in [0.4, 0.5) is 10.2 Å². The van der Waals surface area contributed by atoms with Gasteiger partial charge in [0, 0.05) is 15.6 Å². The molecule has 0 aliphatic heterocycles. The molecule has 0 spiro atoms. The number of anilines is 1. The first kappa shape index (κ1) is 13.8. The summed E-state index contributed by atoms with van der Waals surface area (Å²) in [6.45, 7) is 1.95. The van der Waals surface area contributed by atoms with Crippen LogP contribution in [0.5, 0.6) is 0 Å². The van der Waals surface area contributed by atoms with Crippen LogP contribution in [0.2, 0.25) is 0 Å². The Morgan fingerprint density at radius 3 is 2.57 bits per heavy atom. The number of hydrogen-bond donors (Lipinski definition) is 1. The van der Waals surface area contributed by atoms with Gasteiger partial charge in [-0.1, -0.05) is 51.4 Å². The third-order valence-corrected chi connectivity index (χ3v) is 4.23. The van der Waals surface area contributed by atoms with E-state index in [9.17, 15) is 4.39 Å². The molecule has 0 fully saturated rings. The van der Waals surface area contributed by atoms with Crippen molar-refractivity contribution in [2.45, 2.75) is 6.92 Å². The Balaban J connectivity index is 2.28. The molecule has 3 aromatic rings. The predicted octanol–water partition coefficient (Wildman–Crippen LogP) is 4.80. The molecule has 0 amide bonds. The lowest BCUT2D eigenvalue weighted by atomic mass is 9.98. The highest BCUT2D eigenvalue weighted by atomic mass is 79.9. The van der Waals surface area contributed by atoms with Crippen molar-refractivity contribution >= 4 is 21.7 Å². The Morgan fingerprint density at radius 2 is 1.81 bits per heavy atom. The summed E-state index contributed by atoms with van der Waals surface area (Å²) in [5, 5.41) is 3.80. The maximum atomic E-state index is 14.1. The zero-order chi connectivity index (χ0) is 15.0. The van der Waals surface area contributed by atoms with Crippen molar-refractivity contribution in [3.05, 3.63) is 58.3 Å². The van der Waals surface area contributed by atoms with Gasteiger partial charge in [-0.25, -0.2) is 4.39 Å². The quantitative estimate of drug-likeness (QED) is 0.724. The van der Waals surface area contributed by atoms with Crippen LogP contribution in [-0.2, 0) is 0 Å². The first-order valence-electron chi connectivity index (χ1n) is 6.35. The normalized spacial score (nSPS) is 10.8. The minimum absolute atomic E-state index is 0.175. The summed E-state index contributed by atoms with van der Waals surface area (Å²) in [6.07, 6.45) is 0.